The van der Waals surface area contributed by atoms with Crippen LogP contribution in [0.4, 0.5) is 21.5 Å². The summed E-state index contributed by atoms with van der Waals surface area (Å²) in [5.74, 6) is -1.06. The summed E-state index contributed by atoms with van der Waals surface area (Å²) in [6, 6.07) is 21.6. The zero-order valence-corrected chi connectivity index (χ0v) is 14.4. The van der Waals surface area contributed by atoms with Crippen LogP contribution >= 0.6 is 0 Å². The summed E-state index contributed by atoms with van der Waals surface area (Å²) in [7, 11) is 0. The summed E-state index contributed by atoms with van der Waals surface area (Å²) in [5, 5.41) is 8.34. The SMILES string of the molecule is O=C(CNc1cccc(F)c1)Nc1ccccc1C(=O)Nc1ccccc1. The van der Waals surface area contributed by atoms with E-state index in [0.717, 1.165) is 0 Å². The van der Waals surface area contributed by atoms with Gasteiger partial charge < -0.3 is 16.0 Å². The number of rotatable bonds is 6. The monoisotopic (exact) mass is 363 g/mol. The van der Waals surface area contributed by atoms with Gasteiger partial charge in [0.15, 0.2) is 0 Å². The quantitative estimate of drug-likeness (QED) is 0.617. The van der Waals surface area contributed by atoms with Crippen LogP contribution in [0.15, 0.2) is 78.9 Å². The molecule has 0 saturated carbocycles. The number of hydrogen-bond acceptors (Lipinski definition) is 3. The van der Waals surface area contributed by atoms with Crippen LogP contribution < -0.4 is 16.0 Å². The number of anilines is 3. The number of amides is 2. The topological polar surface area (TPSA) is 70.2 Å². The third kappa shape index (κ3) is 5.15. The van der Waals surface area contributed by atoms with Gasteiger partial charge in [-0.05, 0) is 42.5 Å². The molecule has 0 bridgehead atoms. The molecule has 0 aliphatic carbocycles. The molecule has 27 heavy (non-hydrogen) atoms. The van der Waals surface area contributed by atoms with Crippen molar-refractivity contribution in [2.24, 2.45) is 0 Å². The van der Waals surface area contributed by atoms with Crippen molar-refractivity contribution in [1.29, 1.82) is 0 Å². The summed E-state index contributed by atoms with van der Waals surface area (Å²) >= 11 is 0. The number of nitrogens with one attached hydrogen (secondary N) is 3. The Morgan fingerprint density at radius 3 is 2.26 bits per heavy atom. The van der Waals surface area contributed by atoms with Gasteiger partial charge in [0.1, 0.15) is 5.82 Å². The van der Waals surface area contributed by atoms with E-state index in [0.29, 0.717) is 22.6 Å². The number of carbonyl (C=O) groups is 2. The van der Waals surface area contributed by atoms with Crippen LogP contribution in [0, 0.1) is 5.82 Å². The molecule has 0 aliphatic heterocycles. The highest BCUT2D eigenvalue weighted by Gasteiger charge is 2.13. The molecule has 3 N–H and O–H groups in total. The molecular formula is C21H18FN3O2. The lowest BCUT2D eigenvalue weighted by Gasteiger charge is -2.12. The summed E-state index contributed by atoms with van der Waals surface area (Å²) in [5.41, 5.74) is 1.91. The number of carbonyl (C=O) groups excluding carboxylic acids is 2. The van der Waals surface area contributed by atoms with E-state index in [4.69, 9.17) is 0 Å². The van der Waals surface area contributed by atoms with Gasteiger partial charge >= 0.3 is 0 Å². The van der Waals surface area contributed by atoms with Gasteiger partial charge in [0.05, 0.1) is 17.8 Å². The lowest BCUT2D eigenvalue weighted by Crippen LogP contribution is -2.24. The average molecular weight is 363 g/mol. The van der Waals surface area contributed by atoms with Gasteiger partial charge in [-0.25, -0.2) is 4.39 Å². The molecule has 0 saturated heterocycles. The summed E-state index contributed by atoms with van der Waals surface area (Å²) < 4.78 is 13.2. The highest BCUT2D eigenvalue weighted by Crippen LogP contribution is 2.17. The zero-order chi connectivity index (χ0) is 19.1. The van der Waals surface area contributed by atoms with Crippen LogP contribution in [-0.2, 0) is 4.79 Å². The molecule has 6 heteroatoms. The van der Waals surface area contributed by atoms with E-state index in [1.165, 1.54) is 12.1 Å². The lowest BCUT2D eigenvalue weighted by atomic mass is 10.1. The van der Waals surface area contributed by atoms with E-state index >= 15 is 0 Å². The Kier molecular flexibility index (Phi) is 5.79. The van der Waals surface area contributed by atoms with Gasteiger partial charge in [0.25, 0.3) is 5.91 Å². The predicted molar refractivity (Wildman–Crippen MR) is 104 cm³/mol. The Morgan fingerprint density at radius 2 is 1.48 bits per heavy atom. The van der Waals surface area contributed by atoms with Crippen molar-refractivity contribution in [3.8, 4) is 0 Å². The number of hydrogen-bond donors (Lipinski definition) is 3. The minimum absolute atomic E-state index is 0.0574. The number of para-hydroxylation sites is 2. The largest absolute Gasteiger partial charge is 0.376 e. The Labute approximate surface area is 156 Å². The van der Waals surface area contributed by atoms with Crippen LogP contribution in [0.25, 0.3) is 0 Å². The second-order valence-corrected chi connectivity index (χ2v) is 5.78. The lowest BCUT2D eigenvalue weighted by molar-refractivity contribution is -0.114. The first kappa shape index (κ1) is 18.1. The number of benzene rings is 3. The summed E-state index contributed by atoms with van der Waals surface area (Å²) in [6.07, 6.45) is 0. The van der Waals surface area contributed by atoms with E-state index < -0.39 is 0 Å². The van der Waals surface area contributed by atoms with Gasteiger partial charge in [0.2, 0.25) is 5.91 Å². The van der Waals surface area contributed by atoms with Crippen molar-refractivity contribution >= 4 is 28.9 Å². The second kappa shape index (κ2) is 8.62. The van der Waals surface area contributed by atoms with Crippen molar-refractivity contribution in [3.63, 3.8) is 0 Å². The molecule has 0 aliphatic rings. The van der Waals surface area contributed by atoms with Crippen molar-refractivity contribution in [3.05, 3.63) is 90.2 Å². The van der Waals surface area contributed by atoms with E-state index in [9.17, 15) is 14.0 Å². The maximum Gasteiger partial charge on any atom is 0.257 e. The molecule has 3 aromatic carbocycles. The van der Waals surface area contributed by atoms with Crippen LogP contribution in [0.5, 0.6) is 0 Å². The molecular weight excluding hydrogens is 345 g/mol. The minimum Gasteiger partial charge on any atom is -0.376 e. The Balaban J connectivity index is 1.64. The van der Waals surface area contributed by atoms with Crippen LogP contribution in [-0.4, -0.2) is 18.4 Å². The highest BCUT2D eigenvalue weighted by molar-refractivity contribution is 6.10. The smallest absolute Gasteiger partial charge is 0.257 e. The van der Waals surface area contributed by atoms with Crippen molar-refractivity contribution < 1.29 is 14.0 Å². The molecule has 0 fully saturated rings. The fourth-order valence-electron chi connectivity index (χ4n) is 2.49. The van der Waals surface area contributed by atoms with Crippen LogP contribution in [0.1, 0.15) is 10.4 Å². The third-order valence-corrected chi connectivity index (χ3v) is 3.76. The summed E-state index contributed by atoms with van der Waals surface area (Å²) in [4.78, 5) is 24.7. The average Bonchev–Trinajstić information content (AvgIpc) is 2.68. The van der Waals surface area contributed by atoms with Crippen LogP contribution in [0.2, 0.25) is 0 Å². The second-order valence-electron chi connectivity index (χ2n) is 5.78. The van der Waals surface area contributed by atoms with E-state index in [2.05, 4.69) is 16.0 Å². The first-order valence-electron chi connectivity index (χ1n) is 8.36. The normalized spacial score (nSPS) is 10.1. The molecule has 0 spiro atoms. The Hall–Kier alpha value is -3.67. The molecule has 5 nitrogen and oxygen atoms in total. The first-order valence-corrected chi connectivity index (χ1v) is 8.36. The Morgan fingerprint density at radius 1 is 0.778 bits per heavy atom. The van der Waals surface area contributed by atoms with Gasteiger partial charge in [0, 0.05) is 11.4 Å². The molecule has 0 atom stereocenters. The molecule has 0 heterocycles. The predicted octanol–water partition coefficient (Wildman–Crippen LogP) is 4.13. The summed E-state index contributed by atoms with van der Waals surface area (Å²) in [6.45, 7) is -0.0574. The maximum absolute atomic E-state index is 13.2. The molecule has 0 unspecified atom stereocenters. The molecule has 0 aromatic heterocycles. The number of halogens is 1. The minimum atomic E-state index is -0.386. The molecule has 3 rings (SSSR count). The van der Waals surface area contributed by atoms with Crippen molar-refractivity contribution in [1.82, 2.24) is 0 Å². The van der Waals surface area contributed by atoms with Gasteiger partial charge in [-0.3, -0.25) is 9.59 Å². The Bertz CT molecular complexity index is 945. The molecule has 3 aromatic rings. The molecule has 0 radical (unpaired) electrons. The first-order chi connectivity index (χ1) is 13.1. The van der Waals surface area contributed by atoms with E-state index in [1.54, 1.807) is 48.5 Å². The molecule has 136 valence electrons. The van der Waals surface area contributed by atoms with Gasteiger partial charge in [-0.15, -0.1) is 0 Å². The highest BCUT2D eigenvalue weighted by atomic mass is 19.1. The fraction of sp³-hybridized carbons (Fsp3) is 0.0476. The molecule has 2 amide bonds. The van der Waals surface area contributed by atoms with E-state index in [1.807, 2.05) is 18.2 Å². The maximum atomic E-state index is 13.2. The van der Waals surface area contributed by atoms with Gasteiger partial charge in [-0.1, -0.05) is 36.4 Å². The van der Waals surface area contributed by atoms with Crippen molar-refractivity contribution in [2.45, 2.75) is 0 Å². The van der Waals surface area contributed by atoms with Gasteiger partial charge in [-0.2, -0.15) is 0 Å². The fourth-order valence-corrected chi connectivity index (χ4v) is 2.49. The third-order valence-electron chi connectivity index (χ3n) is 3.76. The van der Waals surface area contributed by atoms with Crippen molar-refractivity contribution in [2.75, 3.05) is 22.5 Å². The zero-order valence-electron chi connectivity index (χ0n) is 14.4. The van der Waals surface area contributed by atoms with Crippen LogP contribution in [0.3, 0.4) is 0 Å². The standard InChI is InChI=1S/C21H18FN3O2/c22-15-7-6-10-17(13-15)23-14-20(26)25-19-12-5-4-11-18(19)21(27)24-16-8-2-1-3-9-16/h1-13,23H,14H2,(H,24,27)(H,25,26). The van der Waals surface area contributed by atoms with E-state index in [-0.39, 0.29) is 24.2 Å².